The average Bonchev–Trinajstić information content (AvgIpc) is 3.27. The van der Waals surface area contributed by atoms with Crippen molar-refractivity contribution in [3.63, 3.8) is 0 Å². The van der Waals surface area contributed by atoms with Crippen LogP contribution in [0, 0.1) is 0 Å². The first-order chi connectivity index (χ1) is 9.88. The summed E-state index contributed by atoms with van der Waals surface area (Å²) in [5.41, 5.74) is 0.885. The molecule has 0 spiro atoms. The minimum Gasteiger partial charge on any atom is -0.336 e. The zero-order valence-corrected chi connectivity index (χ0v) is 11.7. The van der Waals surface area contributed by atoms with Gasteiger partial charge in [0.1, 0.15) is 0 Å². The number of rotatable bonds is 5. The molecule has 7 heteroatoms. The van der Waals surface area contributed by atoms with E-state index in [9.17, 15) is 18.0 Å². The first-order valence-corrected chi connectivity index (χ1v) is 6.87. The molecule has 1 amide bonds. The Hall–Kier alpha value is -1.76. The molecule has 4 nitrogen and oxygen atoms in total. The Bertz CT molecular complexity index is 527. The minimum absolute atomic E-state index is 0.0432. The number of nitrogens with one attached hydrogen (secondary N) is 1. The molecular formula is C14H18F3N3O. The fourth-order valence-electron chi connectivity index (χ4n) is 2.28. The summed E-state index contributed by atoms with van der Waals surface area (Å²) in [6, 6.07) is 3.59. The van der Waals surface area contributed by atoms with Gasteiger partial charge in [-0.3, -0.25) is 10.6 Å². The summed E-state index contributed by atoms with van der Waals surface area (Å²) < 4.78 is 38.9. The predicted molar refractivity (Wildman–Crippen MR) is 73.6 cm³/mol. The van der Waals surface area contributed by atoms with E-state index in [1.807, 2.05) is 12.3 Å². The summed E-state index contributed by atoms with van der Waals surface area (Å²) in [5, 5.41) is 0. The maximum atomic E-state index is 13.0. The molecule has 0 atom stereocenters. The van der Waals surface area contributed by atoms with Crippen LogP contribution in [-0.2, 0) is 6.18 Å². The van der Waals surface area contributed by atoms with Crippen LogP contribution in [0.4, 0.5) is 18.9 Å². The molecule has 0 saturated heterocycles. The van der Waals surface area contributed by atoms with Crippen LogP contribution in [0.1, 0.15) is 42.1 Å². The lowest BCUT2D eigenvalue weighted by atomic mass is 10.1. The first kappa shape index (κ1) is 15.6. The van der Waals surface area contributed by atoms with Crippen molar-refractivity contribution in [1.82, 2.24) is 4.90 Å². The van der Waals surface area contributed by atoms with Crippen LogP contribution in [0.3, 0.4) is 0 Å². The number of anilines is 1. The maximum absolute atomic E-state index is 13.0. The van der Waals surface area contributed by atoms with E-state index in [0.717, 1.165) is 25.3 Å². The highest BCUT2D eigenvalue weighted by Gasteiger charge is 2.36. The number of hydrogen-bond donors (Lipinski definition) is 2. The standard InChI is InChI=1S/C14H18F3N3O/c1-2-7-20(10-4-5-10)13(21)9-3-6-12(19-18)11(8-9)14(15,16)17/h3,6,8,10,19H,2,4-5,7,18H2,1H3. The highest BCUT2D eigenvalue weighted by Crippen LogP contribution is 2.36. The van der Waals surface area contributed by atoms with Crippen LogP contribution in [0.5, 0.6) is 0 Å². The van der Waals surface area contributed by atoms with Gasteiger partial charge < -0.3 is 10.3 Å². The molecule has 0 aromatic heterocycles. The largest absolute Gasteiger partial charge is 0.418 e. The van der Waals surface area contributed by atoms with Crippen LogP contribution in [-0.4, -0.2) is 23.4 Å². The molecule has 2 rings (SSSR count). The SMILES string of the molecule is CCCN(C(=O)c1ccc(NN)c(C(F)(F)F)c1)C1CC1. The lowest BCUT2D eigenvalue weighted by molar-refractivity contribution is -0.137. The van der Waals surface area contributed by atoms with Gasteiger partial charge >= 0.3 is 6.18 Å². The van der Waals surface area contributed by atoms with Crippen molar-refractivity contribution in [3.05, 3.63) is 29.3 Å². The Morgan fingerprint density at radius 3 is 2.57 bits per heavy atom. The van der Waals surface area contributed by atoms with Crippen molar-refractivity contribution in [2.75, 3.05) is 12.0 Å². The molecule has 1 aliphatic carbocycles. The van der Waals surface area contributed by atoms with Gasteiger partial charge in [-0.2, -0.15) is 13.2 Å². The highest BCUT2D eigenvalue weighted by molar-refractivity contribution is 5.95. The number of hydrazine groups is 1. The molecule has 0 radical (unpaired) electrons. The van der Waals surface area contributed by atoms with Crippen LogP contribution >= 0.6 is 0 Å². The molecule has 1 saturated carbocycles. The minimum atomic E-state index is -4.56. The fourth-order valence-corrected chi connectivity index (χ4v) is 2.28. The molecule has 1 aromatic carbocycles. The first-order valence-electron chi connectivity index (χ1n) is 6.87. The van der Waals surface area contributed by atoms with Crippen LogP contribution in [0.2, 0.25) is 0 Å². The van der Waals surface area contributed by atoms with E-state index in [1.165, 1.54) is 12.1 Å². The van der Waals surface area contributed by atoms with Gasteiger partial charge in [0, 0.05) is 18.2 Å². The molecule has 21 heavy (non-hydrogen) atoms. The zero-order valence-electron chi connectivity index (χ0n) is 11.7. The van der Waals surface area contributed by atoms with Gasteiger partial charge in [-0.25, -0.2) is 0 Å². The quantitative estimate of drug-likeness (QED) is 0.649. The zero-order chi connectivity index (χ0) is 15.6. The van der Waals surface area contributed by atoms with E-state index in [4.69, 9.17) is 5.84 Å². The second-order valence-corrected chi connectivity index (χ2v) is 5.13. The van der Waals surface area contributed by atoms with Gasteiger partial charge in [-0.15, -0.1) is 0 Å². The van der Waals surface area contributed by atoms with Gasteiger partial charge in [-0.05, 0) is 37.5 Å². The number of halogens is 3. The number of alkyl halides is 3. The van der Waals surface area contributed by atoms with E-state index in [-0.39, 0.29) is 23.2 Å². The predicted octanol–water partition coefficient (Wildman–Crippen LogP) is 3.01. The summed E-state index contributed by atoms with van der Waals surface area (Å²) in [7, 11) is 0. The van der Waals surface area contributed by atoms with Gasteiger partial charge in [0.05, 0.1) is 11.3 Å². The van der Waals surface area contributed by atoms with Crippen molar-refractivity contribution in [2.24, 2.45) is 5.84 Å². The second kappa shape index (κ2) is 5.93. The number of nitrogens with two attached hydrogens (primary N) is 1. The normalized spacial score (nSPS) is 14.9. The molecule has 1 aromatic rings. The highest BCUT2D eigenvalue weighted by atomic mass is 19.4. The molecule has 0 aliphatic heterocycles. The Labute approximate surface area is 121 Å². The van der Waals surface area contributed by atoms with Crippen LogP contribution in [0.15, 0.2) is 18.2 Å². The molecular weight excluding hydrogens is 283 g/mol. The lowest BCUT2D eigenvalue weighted by Gasteiger charge is -2.22. The molecule has 3 N–H and O–H groups in total. The number of hydrogen-bond acceptors (Lipinski definition) is 3. The summed E-state index contributed by atoms with van der Waals surface area (Å²) in [6.45, 7) is 2.49. The van der Waals surface area contributed by atoms with Crippen molar-refractivity contribution >= 4 is 11.6 Å². The van der Waals surface area contributed by atoms with E-state index in [2.05, 4.69) is 0 Å². The van der Waals surface area contributed by atoms with E-state index in [0.29, 0.717) is 6.54 Å². The van der Waals surface area contributed by atoms with Crippen molar-refractivity contribution in [3.8, 4) is 0 Å². The summed E-state index contributed by atoms with van der Waals surface area (Å²) in [6.07, 6.45) is -1.95. The monoisotopic (exact) mass is 301 g/mol. The van der Waals surface area contributed by atoms with Crippen molar-refractivity contribution in [2.45, 2.75) is 38.4 Å². The molecule has 0 heterocycles. The van der Waals surface area contributed by atoms with E-state index in [1.54, 1.807) is 4.90 Å². The number of amides is 1. The third-order valence-electron chi connectivity index (χ3n) is 3.44. The summed E-state index contributed by atoms with van der Waals surface area (Å²) in [5.74, 6) is 4.74. The van der Waals surface area contributed by atoms with E-state index < -0.39 is 11.7 Å². The smallest absolute Gasteiger partial charge is 0.336 e. The number of carbonyl (C=O) groups is 1. The number of benzene rings is 1. The number of nitrogen functional groups attached to an aromatic ring is 1. The van der Waals surface area contributed by atoms with Crippen LogP contribution < -0.4 is 11.3 Å². The second-order valence-electron chi connectivity index (χ2n) is 5.13. The van der Waals surface area contributed by atoms with E-state index >= 15 is 0 Å². The average molecular weight is 301 g/mol. The number of carbonyl (C=O) groups excluding carboxylic acids is 1. The van der Waals surface area contributed by atoms with Gasteiger partial charge in [-0.1, -0.05) is 6.92 Å². The lowest BCUT2D eigenvalue weighted by Crippen LogP contribution is -2.34. The Kier molecular flexibility index (Phi) is 4.41. The Morgan fingerprint density at radius 2 is 2.10 bits per heavy atom. The Morgan fingerprint density at radius 1 is 1.43 bits per heavy atom. The summed E-state index contributed by atoms with van der Waals surface area (Å²) in [4.78, 5) is 14.1. The maximum Gasteiger partial charge on any atom is 0.418 e. The molecule has 1 aliphatic rings. The fraction of sp³-hybridized carbons (Fsp3) is 0.500. The van der Waals surface area contributed by atoms with Crippen LogP contribution in [0.25, 0.3) is 0 Å². The third kappa shape index (κ3) is 3.47. The Balaban J connectivity index is 2.33. The molecule has 1 fully saturated rings. The van der Waals surface area contributed by atoms with Gasteiger partial charge in [0.2, 0.25) is 0 Å². The van der Waals surface area contributed by atoms with Gasteiger partial charge in [0.15, 0.2) is 0 Å². The topological polar surface area (TPSA) is 58.4 Å². The molecule has 116 valence electrons. The van der Waals surface area contributed by atoms with Gasteiger partial charge in [0.25, 0.3) is 5.91 Å². The summed E-state index contributed by atoms with van der Waals surface area (Å²) >= 11 is 0. The number of nitrogens with zero attached hydrogens (tertiary/aromatic N) is 1. The third-order valence-corrected chi connectivity index (χ3v) is 3.44. The molecule has 0 unspecified atom stereocenters. The van der Waals surface area contributed by atoms with Crippen molar-refractivity contribution < 1.29 is 18.0 Å². The van der Waals surface area contributed by atoms with Crippen molar-refractivity contribution in [1.29, 1.82) is 0 Å². The molecule has 0 bridgehead atoms.